The number of rotatable bonds is 2. The van der Waals surface area contributed by atoms with Crippen LogP contribution < -0.4 is 10.4 Å². The van der Waals surface area contributed by atoms with Gasteiger partial charge in [-0.1, -0.05) is 35.9 Å². The molecule has 1 aromatic rings. The van der Waals surface area contributed by atoms with E-state index < -0.39 is 5.97 Å². The third-order valence-corrected chi connectivity index (χ3v) is 2.89. The maximum absolute atomic E-state index is 10.5. The van der Waals surface area contributed by atoms with E-state index in [1.807, 2.05) is 18.2 Å². The molecule has 1 aromatic carbocycles. The topological polar surface area (TPSA) is 37.3 Å². The van der Waals surface area contributed by atoms with Crippen LogP contribution in [0, 0.1) is 0 Å². The van der Waals surface area contributed by atoms with E-state index in [0.29, 0.717) is 5.02 Å². The van der Waals surface area contributed by atoms with Gasteiger partial charge in [0.1, 0.15) is 0 Å². The Morgan fingerprint density at radius 1 is 1.44 bits per heavy atom. The van der Waals surface area contributed by atoms with E-state index in [1.165, 1.54) is 0 Å². The van der Waals surface area contributed by atoms with Gasteiger partial charge in [-0.25, -0.2) is 4.79 Å². The Morgan fingerprint density at radius 3 is 3.00 bits per heavy atom. The van der Waals surface area contributed by atoms with Gasteiger partial charge in [0.2, 0.25) is 0 Å². The molecule has 2 nitrogen and oxygen atoms in total. The normalized spacial score (nSPS) is 14.7. The smallest absolute Gasteiger partial charge is 0.328 e. The van der Waals surface area contributed by atoms with Gasteiger partial charge in [-0.3, -0.25) is 0 Å². The van der Waals surface area contributed by atoms with Crippen LogP contribution >= 0.6 is 11.6 Å². The Morgan fingerprint density at radius 2 is 2.25 bits per heavy atom. The molecule has 0 amide bonds. The molecule has 0 radical (unpaired) electrons. The van der Waals surface area contributed by atoms with Gasteiger partial charge in [0.05, 0.1) is 0 Å². The van der Waals surface area contributed by atoms with Gasteiger partial charge in [0, 0.05) is 16.3 Å². The first-order valence-corrected chi connectivity index (χ1v) is 5.45. The fraction of sp³-hybridized carbons (Fsp3) is 0.154. The summed E-state index contributed by atoms with van der Waals surface area (Å²) in [5.74, 6) is -0.935. The third kappa shape index (κ3) is 2.17. The number of hydrogen-bond acceptors (Lipinski definition) is 1. The first kappa shape index (κ1) is 11.0. The van der Waals surface area contributed by atoms with Gasteiger partial charge < -0.3 is 5.11 Å². The van der Waals surface area contributed by atoms with E-state index in [-0.39, 0.29) is 0 Å². The van der Waals surface area contributed by atoms with Gasteiger partial charge in [0.25, 0.3) is 0 Å². The lowest BCUT2D eigenvalue weighted by Crippen LogP contribution is -2.29. The van der Waals surface area contributed by atoms with Crippen LogP contribution in [0.5, 0.6) is 0 Å². The van der Waals surface area contributed by atoms with E-state index >= 15 is 0 Å². The Kier molecular flexibility index (Phi) is 3.11. The number of halogens is 1. The summed E-state index contributed by atoms with van der Waals surface area (Å²) in [5.41, 5.74) is 0.991. The zero-order chi connectivity index (χ0) is 11.5. The predicted octanol–water partition coefficient (Wildman–Crippen LogP) is 1.71. The fourth-order valence-electron chi connectivity index (χ4n) is 1.90. The van der Waals surface area contributed by atoms with E-state index in [4.69, 9.17) is 16.7 Å². The van der Waals surface area contributed by atoms with E-state index in [2.05, 4.69) is 6.08 Å². The van der Waals surface area contributed by atoms with Crippen LogP contribution in [0.3, 0.4) is 0 Å². The van der Waals surface area contributed by atoms with Crippen molar-refractivity contribution in [3.05, 3.63) is 45.8 Å². The van der Waals surface area contributed by atoms with Crippen LogP contribution in [0.25, 0.3) is 11.6 Å². The molecule has 2 rings (SSSR count). The summed E-state index contributed by atoms with van der Waals surface area (Å²) in [4.78, 5) is 10.5. The highest BCUT2D eigenvalue weighted by atomic mass is 35.5. The number of aliphatic carboxylic acids is 1. The highest BCUT2D eigenvalue weighted by molar-refractivity contribution is 6.30. The first-order chi connectivity index (χ1) is 7.68. The van der Waals surface area contributed by atoms with Crippen molar-refractivity contribution >= 4 is 29.2 Å². The Bertz CT molecular complexity index is 570. The van der Waals surface area contributed by atoms with Crippen molar-refractivity contribution in [2.24, 2.45) is 0 Å². The molecule has 82 valence electrons. The Balaban J connectivity index is 2.67. The maximum Gasteiger partial charge on any atom is 0.328 e. The highest BCUT2D eigenvalue weighted by Gasteiger charge is 2.04. The van der Waals surface area contributed by atoms with E-state index in [1.54, 1.807) is 6.08 Å². The van der Waals surface area contributed by atoms with Crippen molar-refractivity contribution in [3.63, 3.8) is 0 Å². The number of allylic oxidation sites excluding steroid dienone is 1. The summed E-state index contributed by atoms with van der Waals surface area (Å²) < 4.78 is 0. The van der Waals surface area contributed by atoms with Crippen molar-refractivity contribution in [3.8, 4) is 0 Å². The van der Waals surface area contributed by atoms with Gasteiger partial charge in [0.15, 0.2) is 0 Å². The maximum atomic E-state index is 10.5. The van der Waals surface area contributed by atoms with Crippen molar-refractivity contribution < 1.29 is 9.90 Å². The average molecular weight is 235 g/mol. The summed E-state index contributed by atoms with van der Waals surface area (Å²) in [6.07, 6.45) is 6.68. The van der Waals surface area contributed by atoms with Crippen molar-refractivity contribution in [2.45, 2.75) is 12.8 Å². The standard InChI is InChI=1S/C13H11ClO2/c14-11-6-2-5-9-3-1-4-10(13(9)11)7-8-12(15)16/h2-3,5-8H,1,4H2,(H,15,16)/b8-7+. The molecule has 0 aromatic heterocycles. The monoisotopic (exact) mass is 234 g/mol. The van der Waals surface area contributed by atoms with Gasteiger partial charge in [-0.05, 0) is 29.7 Å². The number of benzene rings is 1. The molecular formula is C13H11ClO2. The quantitative estimate of drug-likeness (QED) is 0.791. The molecule has 0 saturated heterocycles. The molecule has 0 spiro atoms. The highest BCUT2D eigenvalue weighted by Crippen LogP contribution is 2.12. The van der Waals surface area contributed by atoms with E-state index in [0.717, 1.165) is 34.9 Å². The summed E-state index contributed by atoms with van der Waals surface area (Å²) in [7, 11) is 0. The van der Waals surface area contributed by atoms with Crippen molar-refractivity contribution in [1.82, 2.24) is 0 Å². The number of fused-ring (bicyclic) bond motifs is 1. The Labute approximate surface area is 98.2 Å². The van der Waals surface area contributed by atoms with Crippen molar-refractivity contribution in [2.75, 3.05) is 0 Å². The molecule has 1 aliphatic rings. The number of carbonyl (C=O) groups is 1. The predicted molar refractivity (Wildman–Crippen MR) is 64.6 cm³/mol. The van der Waals surface area contributed by atoms with Crippen molar-refractivity contribution in [1.29, 1.82) is 0 Å². The van der Waals surface area contributed by atoms with Crippen LogP contribution in [0.4, 0.5) is 0 Å². The van der Waals surface area contributed by atoms with Crippen LogP contribution in [0.2, 0.25) is 5.02 Å². The van der Waals surface area contributed by atoms with Gasteiger partial charge >= 0.3 is 5.97 Å². The van der Waals surface area contributed by atoms with E-state index in [9.17, 15) is 4.79 Å². The lowest BCUT2D eigenvalue weighted by molar-refractivity contribution is -0.131. The van der Waals surface area contributed by atoms with Gasteiger partial charge in [-0.2, -0.15) is 0 Å². The molecule has 16 heavy (non-hydrogen) atoms. The average Bonchev–Trinajstić information content (AvgIpc) is 2.26. The number of hydrogen-bond donors (Lipinski definition) is 1. The zero-order valence-corrected chi connectivity index (χ0v) is 9.37. The first-order valence-electron chi connectivity index (χ1n) is 5.07. The fourth-order valence-corrected chi connectivity index (χ4v) is 2.20. The molecule has 0 bridgehead atoms. The van der Waals surface area contributed by atoms with Crippen LogP contribution in [-0.4, -0.2) is 11.1 Å². The lowest BCUT2D eigenvalue weighted by Gasteiger charge is -2.08. The third-order valence-electron chi connectivity index (χ3n) is 2.57. The Hall–Kier alpha value is -1.54. The number of carboxylic acids is 1. The molecule has 1 aliphatic carbocycles. The van der Waals surface area contributed by atoms with Crippen LogP contribution in [-0.2, 0) is 4.79 Å². The lowest BCUT2D eigenvalue weighted by atomic mass is 9.99. The zero-order valence-electron chi connectivity index (χ0n) is 8.61. The van der Waals surface area contributed by atoms with Crippen LogP contribution in [0.1, 0.15) is 12.8 Å². The minimum absolute atomic E-state index is 0.679. The second kappa shape index (κ2) is 4.54. The molecule has 0 unspecified atom stereocenters. The largest absolute Gasteiger partial charge is 0.478 e. The van der Waals surface area contributed by atoms with Gasteiger partial charge in [-0.15, -0.1) is 0 Å². The molecule has 0 atom stereocenters. The minimum Gasteiger partial charge on any atom is -0.478 e. The summed E-state index contributed by atoms with van der Waals surface area (Å²) in [6.45, 7) is 0. The second-order valence-electron chi connectivity index (χ2n) is 3.64. The molecule has 0 heterocycles. The second-order valence-corrected chi connectivity index (χ2v) is 4.05. The number of carboxylic acid groups (broad SMARTS) is 1. The summed E-state index contributed by atoms with van der Waals surface area (Å²) in [5, 5.41) is 11.4. The molecular weight excluding hydrogens is 224 g/mol. The van der Waals surface area contributed by atoms with Crippen LogP contribution in [0.15, 0.2) is 30.4 Å². The molecule has 0 aliphatic heterocycles. The SMILES string of the molecule is O=C(O)/C=C/C1=c2c(Cl)cccc2=CCC1. The molecule has 0 saturated carbocycles. The summed E-state index contributed by atoms with van der Waals surface area (Å²) in [6, 6.07) is 5.73. The molecule has 3 heteroatoms. The molecule has 1 N–H and O–H groups in total. The minimum atomic E-state index is -0.935. The molecule has 0 fully saturated rings. The summed E-state index contributed by atoms with van der Waals surface area (Å²) >= 11 is 6.13.